The van der Waals surface area contributed by atoms with Gasteiger partial charge in [0, 0.05) is 71.7 Å². The Kier molecular flexibility index (Phi) is 24.8. The van der Waals surface area contributed by atoms with E-state index in [-0.39, 0.29) is 74.4 Å². The summed E-state index contributed by atoms with van der Waals surface area (Å²) < 4.78 is 44.1. The Hall–Kier alpha value is -16.5. The molecule has 131 heavy (non-hydrogen) atoms. The van der Waals surface area contributed by atoms with Gasteiger partial charge in [0.2, 0.25) is 0 Å². The van der Waals surface area contributed by atoms with E-state index < -0.39 is 6.04 Å². The Morgan fingerprint density at radius 1 is 0.374 bits per heavy atom. The maximum Gasteiger partial charge on any atom is 1.00 e. The molecule has 0 aliphatic carbocycles. The number of nitrogens with zero attached hydrogens (tertiary/aromatic N) is 10. The molecule has 0 aliphatic rings. The Bertz CT molecular complexity index is 8270. The zero-order valence-corrected chi connectivity index (χ0v) is 73.4. The van der Waals surface area contributed by atoms with Gasteiger partial charge >= 0.3 is 18.9 Å². The van der Waals surface area contributed by atoms with Gasteiger partial charge in [-0.3, -0.25) is 9.38 Å². The Morgan fingerprint density at radius 2 is 0.885 bits per heavy atom. The van der Waals surface area contributed by atoms with Crippen LogP contribution < -0.4 is 24.0 Å². The normalized spacial score (nSPS) is 11.2. The van der Waals surface area contributed by atoms with Crippen molar-refractivity contribution < 1.29 is 50.9 Å². The first-order chi connectivity index (χ1) is 65.8. The Labute approximate surface area is 792 Å². The Balaban J connectivity index is 0.000000132. The maximum atomic E-state index is 11.1. The summed E-state index contributed by atoms with van der Waals surface area (Å²) in [5.41, 5.74) is 25.0. The minimum atomic E-state index is -0.394. The van der Waals surface area contributed by atoms with Crippen LogP contribution in [0.5, 0.6) is 5.75 Å². The van der Waals surface area contributed by atoms with Crippen molar-refractivity contribution in [1.82, 2.24) is 39.3 Å². The van der Waals surface area contributed by atoms with Gasteiger partial charge in [0.05, 0.1) is 47.1 Å². The van der Waals surface area contributed by atoms with Crippen molar-refractivity contribution in [3.63, 3.8) is 0 Å². The first-order valence-electron chi connectivity index (χ1n) is 44.5. The fourth-order valence-corrected chi connectivity index (χ4v) is 16.1. The van der Waals surface area contributed by atoms with Crippen LogP contribution in [-0.4, -0.2) is 39.3 Å². The number of imidazole rings is 1. The van der Waals surface area contributed by atoms with Gasteiger partial charge in [-0.15, -0.1) is 71.8 Å². The molecule has 0 unspecified atom stereocenters. The molecule has 23 rings (SSSR count). The van der Waals surface area contributed by atoms with Crippen molar-refractivity contribution in [3.05, 3.63) is 484 Å². The third kappa shape index (κ3) is 19.1. The molecule has 0 N–H and O–H groups in total. The van der Waals surface area contributed by atoms with Gasteiger partial charge in [-0.25, -0.2) is 24.8 Å². The summed E-state index contributed by atoms with van der Waals surface area (Å²) in [5, 5.41) is 28.7. The third-order valence-electron chi connectivity index (χ3n) is 22.5. The quantitative estimate of drug-likeness (QED) is 0.0701. The minimum Gasteiger partial charge on any atom is -0.871 e. The van der Waals surface area contributed by atoms with Crippen molar-refractivity contribution in [1.29, 1.82) is 5.26 Å². The Morgan fingerprint density at radius 3 is 1.49 bits per heavy atom. The zero-order valence-electron chi connectivity index (χ0n) is 76.1. The molecule has 0 saturated heterocycles. The molecule has 0 spiro atoms. The number of benzene rings is 17. The van der Waals surface area contributed by atoms with E-state index in [1.165, 1.54) is 33.5 Å². The summed E-state index contributed by atoms with van der Waals surface area (Å²) in [7, 11) is 0. The van der Waals surface area contributed by atoms with E-state index in [1.54, 1.807) is 18.5 Å². The zero-order chi connectivity index (χ0) is 91.5. The molecule has 11 nitrogen and oxygen atoms in total. The molecule has 6 heterocycles. The molecule has 617 valence electrons. The van der Waals surface area contributed by atoms with Gasteiger partial charge in [-0.2, -0.15) is 5.26 Å². The summed E-state index contributed by atoms with van der Waals surface area (Å²) in [4.78, 5) is 36.3. The van der Waals surface area contributed by atoms with E-state index in [1.807, 2.05) is 267 Å². The SMILES string of the molecule is Cc1cc(-c2[c-]cccc2)ncc1-c1ccccc1.[2H]c1c([2H])c([2H])c(-c2ccc(-c3ccc4c5ccc6ccccc6c5c5nc6ccccc6n5c4c3)c3ccccc23)c([2H])c1[2H].[C-]#[N+]c1ccc(-c2cc(-c3ccc(-c4ccc(C#N)cc4)cc3)cc(-c3nc(-c4ccccc4)nc(-c4ccccc4)n3)c2)cc1.[Ir].[Li+].[O-]c1cccc2cccnc12.[c-]1ccccc1-c1ccccn1. The van der Waals surface area contributed by atoms with Crippen LogP contribution in [0.2, 0.25) is 0 Å². The van der Waals surface area contributed by atoms with Gasteiger partial charge in [0.1, 0.15) is 5.65 Å². The number of hydrogen-bond acceptors (Lipinski definition) is 9. The molecular formula is C118H77IrLiN10O-2. The number of aromatic nitrogens is 8. The number of aryl methyl sites for hydroxylation is 1. The fourth-order valence-electron chi connectivity index (χ4n) is 16.1. The first kappa shape index (κ1) is 80.3. The van der Waals surface area contributed by atoms with Crippen molar-refractivity contribution in [2.24, 2.45) is 0 Å². The maximum absolute atomic E-state index is 11.1. The average Bonchev–Trinajstić information content (AvgIpc) is 1.49. The fraction of sp³-hybridized carbons (Fsp3) is 0.00847. The molecule has 17 aromatic carbocycles. The van der Waals surface area contributed by atoms with Crippen LogP contribution in [0.15, 0.2) is 449 Å². The number of rotatable bonds is 11. The van der Waals surface area contributed by atoms with Crippen LogP contribution in [0.3, 0.4) is 0 Å². The summed E-state index contributed by atoms with van der Waals surface area (Å²) in [6.07, 6.45) is 5.36. The molecule has 1 radical (unpaired) electrons. The van der Waals surface area contributed by atoms with Crippen molar-refractivity contribution >= 4 is 76.5 Å². The molecule has 0 fully saturated rings. The van der Waals surface area contributed by atoms with E-state index in [0.29, 0.717) is 39.8 Å². The predicted octanol–water partition coefficient (Wildman–Crippen LogP) is 26.1. The van der Waals surface area contributed by atoms with Crippen LogP contribution in [-0.2, 0) is 20.1 Å². The van der Waals surface area contributed by atoms with Gasteiger partial charge in [-0.1, -0.05) is 327 Å². The number of fused-ring (bicyclic) bond motifs is 12. The summed E-state index contributed by atoms with van der Waals surface area (Å²) in [5.74, 6) is 1.76. The van der Waals surface area contributed by atoms with Crippen molar-refractivity contribution in [2.75, 3.05) is 0 Å². The standard InChI is InChI=1S/C41H25N5.C39H24N2.C18H14N.C11H8N.C9H7NO.Ir.Li/c1-43-38-22-20-32(21-23-38)36-24-35(31-18-16-30(17-19-31)29-14-12-28(27-42)13-15-29)25-37(26-36)41-45-39(33-8-4-2-5-9-33)44-40(46-41)34-10-6-3-7-11-34;1-2-10-25(11-3-1)28-22-23-29(32-15-7-6-14-31(28)32)27-19-20-33-34-21-18-26-12-4-5-13-30(26)38(34)39-40-35-16-8-9-17-36(35)41(39)37(33)24-27;1-14-12-18(16-10-6-3-7-11-16)19-13-17(14)15-8-4-2-5-9-15;1-2-6-10(7-3-1)11-8-4-5-9-12-11;11-8-5-1-3-7-4-2-6-10-9(7)8;;/h2-26H;1-24H;2-10,12-13H,1H3;1-6,8-9H;1-6,11H;;/q;;2*-1;;;+1/p-1/i;1D,2D,3D,10D,11D;;;;;. The van der Waals surface area contributed by atoms with E-state index in [9.17, 15) is 5.11 Å². The summed E-state index contributed by atoms with van der Waals surface area (Å²) in [6, 6.07) is 139. The van der Waals surface area contributed by atoms with Crippen LogP contribution >= 0.6 is 0 Å². The number of nitriles is 1. The summed E-state index contributed by atoms with van der Waals surface area (Å²) in [6.45, 7) is 9.50. The molecule has 0 saturated carbocycles. The molecule has 13 heteroatoms. The van der Waals surface area contributed by atoms with Crippen LogP contribution in [0.25, 0.3) is 199 Å². The molecular weight excluding hydrogens is 1770 g/mol. The minimum absolute atomic E-state index is 0. The smallest absolute Gasteiger partial charge is 0.871 e. The van der Waals surface area contributed by atoms with Crippen LogP contribution in [0.1, 0.15) is 18.0 Å². The molecule has 23 aromatic rings. The predicted molar refractivity (Wildman–Crippen MR) is 525 cm³/mol. The largest absolute Gasteiger partial charge is 1.00 e. The molecule has 0 aliphatic heterocycles. The average molecular weight is 1860 g/mol. The van der Waals surface area contributed by atoms with E-state index in [4.69, 9.17) is 38.6 Å². The van der Waals surface area contributed by atoms with Gasteiger partial charge in [0.25, 0.3) is 0 Å². The first-order valence-corrected chi connectivity index (χ1v) is 42.0. The number of hydrogen-bond donors (Lipinski definition) is 0. The monoisotopic (exact) mass is 1850 g/mol. The van der Waals surface area contributed by atoms with Crippen molar-refractivity contribution in [2.45, 2.75) is 6.92 Å². The number of pyridine rings is 4. The summed E-state index contributed by atoms with van der Waals surface area (Å²) >= 11 is 0. The van der Waals surface area contributed by atoms with Crippen LogP contribution in [0.4, 0.5) is 5.69 Å². The van der Waals surface area contributed by atoms with Gasteiger partial charge < -0.3 is 15.1 Å². The second-order valence-corrected chi connectivity index (χ2v) is 30.5. The molecule has 0 bridgehead atoms. The second kappa shape index (κ2) is 40.4. The van der Waals surface area contributed by atoms with Gasteiger partial charge in [-0.05, 0) is 178 Å². The van der Waals surface area contributed by atoms with Gasteiger partial charge in [0.15, 0.2) is 23.2 Å². The number of para-hydroxylation sites is 3. The molecule has 0 amide bonds. The van der Waals surface area contributed by atoms with Crippen molar-refractivity contribution in [3.8, 4) is 135 Å². The van der Waals surface area contributed by atoms with E-state index in [0.717, 1.165) is 138 Å². The van der Waals surface area contributed by atoms with Crippen LogP contribution in [0, 0.1) is 37.0 Å². The topological polar surface area (TPSA) is 146 Å². The second-order valence-electron chi connectivity index (χ2n) is 30.5. The van der Waals surface area contributed by atoms with E-state index in [2.05, 4.69) is 177 Å². The van der Waals surface area contributed by atoms with E-state index >= 15 is 0 Å². The molecule has 0 atom stereocenters. The third-order valence-corrected chi connectivity index (χ3v) is 22.5. The molecule has 6 aromatic heterocycles.